The lowest BCUT2D eigenvalue weighted by Gasteiger charge is -2.39. The molecule has 0 bridgehead atoms. The number of fused-ring (bicyclic) bond motifs is 1. The largest absolute Gasteiger partial charge is 0.487 e. The summed E-state index contributed by atoms with van der Waals surface area (Å²) >= 11 is 3.68. The van der Waals surface area contributed by atoms with Gasteiger partial charge in [-0.2, -0.15) is 0 Å². The van der Waals surface area contributed by atoms with Gasteiger partial charge in [-0.05, 0) is 41.4 Å². The second kappa shape index (κ2) is 8.98. The predicted molar refractivity (Wildman–Crippen MR) is 127 cm³/mol. The molecule has 1 aromatic heterocycles. The van der Waals surface area contributed by atoms with Gasteiger partial charge >= 0.3 is 0 Å². The second-order valence-electron chi connectivity index (χ2n) is 8.85. The Morgan fingerprint density at radius 1 is 1.00 bits per heavy atom. The van der Waals surface area contributed by atoms with E-state index in [0.717, 1.165) is 33.1 Å². The Hall–Kier alpha value is -1.69. The topological polar surface area (TPSA) is 31.4 Å². The van der Waals surface area contributed by atoms with E-state index in [-0.39, 0.29) is 11.1 Å². The van der Waals surface area contributed by atoms with Crippen LogP contribution in [-0.2, 0) is 11.0 Å². The molecule has 0 fully saturated rings. The van der Waals surface area contributed by atoms with Crippen molar-refractivity contribution in [2.24, 2.45) is 0 Å². The Bertz CT molecular complexity index is 954. The number of benzene rings is 2. The molecule has 154 valence electrons. The third-order valence-electron chi connectivity index (χ3n) is 5.73. The highest BCUT2D eigenvalue weighted by atomic mass is 79.9. The van der Waals surface area contributed by atoms with Crippen molar-refractivity contribution in [1.29, 1.82) is 0 Å². The Balaban J connectivity index is 1.93. The maximum atomic E-state index is 6.74. The summed E-state index contributed by atoms with van der Waals surface area (Å²) in [4.78, 5) is 4.63. The van der Waals surface area contributed by atoms with Crippen molar-refractivity contribution < 1.29 is 9.16 Å². The zero-order valence-corrected chi connectivity index (χ0v) is 20.5. The molecule has 3 nitrogen and oxygen atoms in total. The van der Waals surface area contributed by atoms with Crippen LogP contribution in [0.25, 0.3) is 10.9 Å². The molecule has 1 heterocycles. The fourth-order valence-corrected chi connectivity index (χ4v) is 5.01. The third-order valence-corrected chi connectivity index (χ3v) is 10.8. The lowest BCUT2D eigenvalue weighted by atomic mass is 10.0. The molecule has 0 N–H and O–H groups in total. The van der Waals surface area contributed by atoms with Crippen LogP contribution in [0.4, 0.5) is 0 Å². The normalized spacial score (nSPS) is 13.4. The standard InChI is InChI=1S/C24H30BrNO2Si/c1-24(2,3)29(4,5)28-22(16-25)19-13-14-21(23-20(19)12-9-15-26-23)27-17-18-10-7-6-8-11-18/h6-15,22H,16-17H2,1-5H3. The lowest BCUT2D eigenvalue weighted by molar-refractivity contribution is 0.210. The number of hydrogen-bond acceptors (Lipinski definition) is 3. The molecule has 3 rings (SSSR count). The number of alkyl halides is 1. The minimum Gasteiger partial charge on any atom is -0.487 e. The van der Waals surface area contributed by atoms with Gasteiger partial charge in [0.05, 0.1) is 6.10 Å². The van der Waals surface area contributed by atoms with Crippen molar-refractivity contribution in [2.75, 3.05) is 5.33 Å². The fourth-order valence-electron chi connectivity index (χ4n) is 3.01. The minimum absolute atomic E-state index is 0.0224. The lowest BCUT2D eigenvalue weighted by Crippen LogP contribution is -2.42. The van der Waals surface area contributed by atoms with E-state index in [1.165, 1.54) is 0 Å². The summed E-state index contributed by atoms with van der Waals surface area (Å²) in [6.45, 7) is 11.9. The first-order valence-corrected chi connectivity index (χ1v) is 14.0. The van der Waals surface area contributed by atoms with E-state index in [4.69, 9.17) is 9.16 Å². The van der Waals surface area contributed by atoms with Crippen molar-refractivity contribution in [3.63, 3.8) is 0 Å². The van der Waals surface area contributed by atoms with Crippen LogP contribution < -0.4 is 4.74 Å². The number of aromatic nitrogens is 1. The molecule has 0 saturated carbocycles. The molecule has 1 atom stereocenters. The zero-order valence-electron chi connectivity index (χ0n) is 17.9. The molecule has 0 spiro atoms. The van der Waals surface area contributed by atoms with Crippen LogP contribution in [0, 0.1) is 0 Å². The number of halogens is 1. The van der Waals surface area contributed by atoms with Crippen LogP contribution in [0.2, 0.25) is 18.1 Å². The first-order valence-electron chi connectivity index (χ1n) is 10.0. The Morgan fingerprint density at radius 2 is 1.72 bits per heavy atom. The van der Waals surface area contributed by atoms with E-state index < -0.39 is 8.32 Å². The van der Waals surface area contributed by atoms with Crippen LogP contribution in [0.15, 0.2) is 60.8 Å². The van der Waals surface area contributed by atoms with Gasteiger partial charge in [0, 0.05) is 16.9 Å². The van der Waals surface area contributed by atoms with Crippen LogP contribution in [0.3, 0.4) is 0 Å². The third kappa shape index (κ3) is 5.08. The van der Waals surface area contributed by atoms with Gasteiger partial charge in [0.2, 0.25) is 0 Å². The highest BCUT2D eigenvalue weighted by Gasteiger charge is 2.39. The quantitative estimate of drug-likeness (QED) is 0.268. The van der Waals surface area contributed by atoms with Crippen molar-refractivity contribution in [1.82, 2.24) is 4.98 Å². The number of nitrogens with zero attached hydrogens (tertiary/aromatic N) is 1. The SMILES string of the molecule is CC(C)(C)[Si](C)(C)OC(CBr)c1ccc(OCc2ccccc2)c2ncccc12. The molecule has 29 heavy (non-hydrogen) atoms. The average molecular weight is 472 g/mol. The molecule has 0 aliphatic heterocycles. The highest BCUT2D eigenvalue weighted by Crippen LogP contribution is 2.41. The van der Waals surface area contributed by atoms with E-state index in [2.05, 4.69) is 79.0 Å². The van der Waals surface area contributed by atoms with Gasteiger partial charge in [-0.1, -0.05) is 79.2 Å². The summed E-state index contributed by atoms with van der Waals surface area (Å²) in [7, 11) is -1.91. The number of rotatable bonds is 7. The fraction of sp³-hybridized carbons (Fsp3) is 0.375. The monoisotopic (exact) mass is 471 g/mol. The van der Waals surface area contributed by atoms with E-state index >= 15 is 0 Å². The van der Waals surface area contributed by atoms with Crippen molar-refractivity contribution in [3.8, 4) is 5.75 Å². The molecule has 0 aliphatic carbocycles. The summed E-state index contributed by atoms with van der Waals surface area (Å²) in [6.07, 6.45) is 1.80. The second-order valence-corrected chi connectivity index (χ2v) is 14.3. The molecule has 0 aliphatic rings. The summed E-state index contributed by atoms with van der Waals surface area (Å²) in [5.74, 6) is 0.800. The van der Waals surface area contributed by atoms with Gasteiger partial charge in [-0.15, -0.1) is 0 Å². The van der Waals surface area contributed by atoms with Gasteiger partial charge in [0.15, 0.2) is 8.32 Å². The van der Waals surface area contributed by atoms with Crippen LogP contribution in [-0.4, -0.2) is 18.6 Å². The maximum Gasteiger partial charge on any atom is 0.192 e. The van der Waals surface area contributed by atoms with Crippen molar-refractivity contribution in [3.05, 3.63) is 71.9 Å². The van der Waals surface area contributed by atoms with Gasteiger partial charge < -0.3 is 9.16 Å². The Labute approximate surface area is 183 Å². The van der Waals surface area contributed by atoms with Crippen LogP contribution >= 0.6 is 15.9 Å². The first kappa shape index (κ1) is 22.0. The van der Waals surface area contributed by atoms with Gasteiger partial charge in [-0.3, -0.25) is 4.98 Å². The number of hydrogen-bond donors (Lipinski definition) is 0. The summed E-state index contributed by atoms with van der Waals surface area (Å²) in [5.41, 5.74) is 3.17. The Kier molecular flexibility index (Phi) is 6.82. The van der Waals surface area contributed by atoms with Crippen molar-refractivity contribution in [2.45, 2.75) is 51.6 Å². The van der Waals surface area contributed by atoms with Gasteiger partial charge in [0.1, 0.15) is 17.9 Å². The van der Waals surface area contributed by atoms with Crippen molar-refractivity contribution >= 4 is 35.2 Å². The van der Waals surface area contributed by atoms with E-state index in [9.17, 15) is 0 Å². The molecule has 0 radical (unpaired) electrons. The average Bonchev–Trinajstić information content (AvgIpc) is 2.70. The number of ether oxygens (including phenoxy) is 1. The molecular formula is C24H30BrNO2Si. The first-order chi connectivity index (χ1) is 13.7. The molecule has 2 aromatic carbocycles. The van der Waals surface area contributed by atoms with Crippen LogP contribution in [0.1, 0.15) is 38.0 Å². The summed E-state index contributed by atoms with van der Waals surface area (Å²) in [5, 5.41) is 1.98. The minimum atomic E-state index is -1.91. The zero-order chi connectivity index (χ0) is 21.1. The van der Waals surface area contributed by atoms with E-state index in [1.807, 2.05) is 36.5 Å². The summed E-state index contributed by atoms with van der Waals surface area (Å²) in [6, 6.07) is 18.4. The van der Waals surface area contributed by atoms with Gasteiger partial charge in [0.25, 0.3) is 0 Å². The molecule has 1 unspecified atom stereocenters. The van der Waals surface area contributed by atoms with Crippen LogP contribution in [0.5, 0.6) is 5.75 Å². The van der Waals surface area contributed by atoms with E-state index in [0.29, 0.717) is 6.61 Å². The molecular weight excluding hydrogens is 442 g/mol. The molecule has 3 aromatic rings. The van der Waals surface area contributed by atoms with E-state index in [1.54, 1.807) is 0 Å². The predicted octanol–water partition coefficient (Wildman–Crippen LogP) is 7.27. The molecule has 0 saturated heterocycles. The number of pyridine rings is 1. The maximum absolute atomic E-state index is 6.74. The molecule has 0 amide bonds. The van der Waals surface area contributed by atoms with Gasteiger partial charge in [-0.25, -0.2) is 0 Å². The summed E-state index contributed by atoms with van der Waals surface area (Å²) < 4.78 is 12.9. The molecule has 5 heteroatoms. The smallest absolute Gasteiger partial charge is 0.192 e. The Morgan fingerprint density at radius 3 is 2.38 bits per heavy atom. The highest BCUT2D eigenvalue weighted by molar-refractivity contribution is 9.09.